The van der Waals surface area contributed by atoms with Crippen molar-refractivity contribution in [3.8, 4) is 11.1 Å². The first kappa shape index (κ1) is 25.7. The van der Waals surface area contributed by atoms with Crippen LogP contribution in [-0.2, 0) is 28.6 Å². The summed E-state index contributed by atoms with van der Waals surface area (Å²) in [4.78, 5) is 48.4. The van der Waals surface area contributed by atoms with Crippen LogP contribution in [0.3, 0.4) is 0 Å². The molecule has 186 valence electrons. The van der Waals surface area contributed by atoms with Crippen LogP contribution < -0.4 is 10.6 Å². The van der Waals surface area contributed by atoms with Crippen LogP contribution >= 0.6 is 0 Å². The molecule has 2 amide bonds. The van der Waals surface area contributed by atoms with Gasteiger partial charge in [0, 0.05) is 19.6 Å². The number of rotatable bonds is 11. The number of methoxy groups -OCH3 is 1. The highest BCUT2D eigenvalue weighted by Crippen LogP contribution is 2.44. The lowest BCUT2D eigenvalue weighted by atomic mass is 9.98. The van der Waals surface area contributed by atoms with Gasteiger partial charge in [-0.25, -0.2) is 9.59 Å². The number of nitrogens with one attached hydrogen (secondary N) is 2. The molecule has 0 radical (unpaired) electrons. The van der Waals surface area contributed by atoms with Gasteiger partial charge < -0.3 is 24.6 Å². The zero-order chi connectivity index (χ0) is 25.4. The minimum atomic E-state index is -1.67. The number of amides is 2. The summed E-state index contributed by atoms with van der Waals surface area (Å²) < 4.78 is 15.3. The molecule has 2 aromatic carbocycles. The molecule has 10 heteroatoms. The fourth-order valence-electron chi connectivity index (χ4n) is 3.97. The Morgan fingerprint density at radius 2 is 1.57 bits per heavy atom. The van der Waals surface area contributed by atoms with E-state index in [-0.39, 0.29) is 32.1 Å². The van der Waals surface area contributed by atoms with Crippen LogP contribution in [0.1, 0.15) is 30.4 Å². The molecular weight excluding hydrogens is 456 g/mol. The molecule has 2 aromatic rings. The number of alkyl carbamates (subject to hydrolysis) is 1. The summed E-state index contributed by atoms with van der Waals surface area (Å²) >= 11 is 0. The van der Waals surface area contributed by atoms with Crippen LogP contribution in [0, 0.1) is 0 Å². The molecular formula is C25H28N2O8. The maximum Gasteiger partial charge on any atom is 0.408 e. The smallest absolute Gasteiger partial charge is 0.408 e. The first-order chi connectivity index (χ1) is 16.8. The molecule has 0 aromatic heterocycles. The Hall–Kier alpha value is -3.92. The minimum Gasteiger partial charge on any atom is -0.481 e. The number of carboxylic acid groups (broad SMARTS) is 1. The van der Waals surface area contributed by atoms with Crippen LogP contribution in [-0.4, -0.2) is 68.1 Å². The summed E-state index contributed by atoms with van der Waals surface area (Å²) in [6.45, 7) is 1.38. The fraction of sp³-hybridized carbons (Fsp3) is 0.360. The van der Waals surface area contributed by atoms with Gasteiger partial charge >= 0.3 is 18.0 Å². The normalized spacial score (nSPS) is 13.7. The lowest BCUT2D eigenvalue weighted by Crippen LogP contribution is -2.53. The average Bonchev–Trinajstić information content (AvgIpc) is 3.17. The van der Waals surface area contributed by atoms with Crippen LogP contribution in [0.4, 0.5) is 4.79 Å². The zero-order valence-electron chi connectivity index (χ0n) is 19.5. The number of aliphatic carboxylic acids is 1. The number of fused-ring (bicyclic) bond motifs is 3. The Kier molecular flexibility index (Phi) is 8.80. The van der Waals surface area contributed by atoms with Gasteiger partial charge in [0.15, 0.2) is 0 Å². The Bertz CT molecular complexity index is 1040. The van der Waals surface area contributed by atoms with Crippen molar-refractivity contribution in [2.24, 2.45) is 0 Å². The van der Waals surface area contributed by atoms with E-state index in [1.165, 1.54) is 7.11 Å². The summed E-state index contributed by atoms with van der Waals surface area (Å²) in [7, 11) is 1.30. The quantitative estimate of drug-likeness (QED) is 0.325. The van der Waals surface area contributed by atoms with Crippen molar-refractivity contribution in [2.75, 3.05) is 26.9 Å². The molecule has 1 aliphatic rings. The summed E-state index contributed by atoms with van der Waals surface area (Å²) in [5, 5.41) is 13.6. The molecule has 0 bridgehead atoms. The second kappa shape index (κ2) is 12.0. The van der Waals surface area contributed by atoms with Gasteiger partial charge in [0.05, 0.1) is 19.1 Å². The van der Waals surface area contributed by atoms with Gasteiger partial charge in [-0.05, 0) is 29.2 Å². The van der Waals surface area contributed by atoms with Gasteiger partial charge in [0.1, 0.15) is 6.61 Å². The van der Waals surface area contributed by atoms with Gasteiger partial charge in [0.2, 0.25) is 6.04 Å². The van der Waals surface area contributed by atoms with Gasteiger partial charge in [-0.2, -0.15) is 0 Å². The number of carbonyl (C=O) groups excluding carboxylic acids is 3. The molecule has 0 spiro atoms. The third kappa shape index (κ3) is 6.36. The minimum absolute atomic E-state index is 0.00137. The van der Waals surface area contributed by atoms with Crippen molar-refractivity contribution >= 4 is 23.9 Å². The third-order valence-electron chi connectivity index (χ3n) is 5.63. The lowest BCUT2D eigenvalue weighted by molar-refractivity contribution is -0.149. The predicted molar refractivity (Wildman–Crippen MR) is 125 cm³/mol. The maximum absolute atomic E-state index is 12.6. The van der Waals surface area contributed by atoms with Crippen molar-refractivity contribution in [1.82, 2.24) is 10.6 Å². The van der Waals surface area contributed by atoms with Crippen molar-refractivity contribution in [1.29, 1.82) is 0 Å². The number of hydrogen-bond acceptors (Lipinski definition) is 7. The first-order valence-electron chi connectivity index (χ1n) is 11.2. The van der Waals surface area contributed by atoms with Gasteiger partial charge in [-0.15, -0.1) is 0 Å². The number of benzene rings is 2. The van der Waals surface area contributed by atoms with Crippen molar-refractivity contribution in [2.45, 2.75) is 31.4 Å². The van der Waals surface area contributed by atoms with E-state index >= 15 is 0 Å². The molecule has 0 aliphatic heterocycles. The SMILES string of the molecule is CCOC(=O)C(NC(=O)OCC1c2ccccc2-c2ccccc21)C(=O)NCC(CC(=O)O)OC. The summed E-state index contributed by atoms with van der Waals surface area (Å²) in [6, 6.07) is 14.0. The van der Waals surface area contributed by atoms with Gasteiger partial charge in [-0.1, -0.05) is 48.5 Å². The fourth-order valence-corrected chi connectivity index (χ4v) is 3.97. The number of carbonyl (C=O) groups is 4. The van der Waals surface area contributed by atoms with Crippen molar-refractivity contribution in [3.63, 3.8) is 0 Å². The molecule has 1 aliphatic carbocycles. The molecule has 0 heterocycles. The molecule has 0 fully saturated rings. The molecule has 3 N–H and O–H groups in total. The van der Waals surface area contributed by atoms with E-state index < -0.39 is 36.1 Å². The van der Waals surface area contributed by atoms with Crippen LogP contribution in [0.5, 0.6) is 0 Å². The van der Waals surface area contributed by atoms with E-state index in [4.69, 9.17) is 19.3 Å². The van der Waals surface area contributed by atoms with Gasteiger partial charge in [0.25, 0.3) is 5.91 Å². The highest BCUT2D eigenvalue weighted by atomic mass is 16.6. The van der Waals surface area contributed by atoms with E-state index in [0.717, 1.165) is 22.3 Å². The van der Waals surface area contributed by atoms with Crippen LogP contribution in [0.25, 0.3) is 11.1 Å². The second-order valence-corrected chi connectivity index (χ2v) is 7.86. The van der Waals surface area contributed by atoms with Crippen LogP contribution in [0.2, 0.25) is 0 Å². The Balaban J connectivity index is 1.64. The van der Waals surface area contributed by atoms with Crippen LogP contribution in [0.15, 0.2) is 48.5 Å². The molecule has 2 unspecified atom stereocenters. The Morgan fingerprint density at radius 1 is 0.971 bits per heavy atom. The van der Waals surface area contributed by atoms with Crippen molar-refractivity contribution < 1.29 is 38.5 Å². The topological polar surface area (TPSA) is 140 Å². The molecule has 0 saturated carbocycles. The highest BCUT2D eigenvalue weighted by Gasteiger charge is 2.33. The maximum atomic E-state index is 12.6. The molecule has 2 atom stereocenters. The molecule has 35 heavy (non-hydrogen) atoms. The number of esters is 1. The number of ether oxygens (including phenoxy) is 3. The van der Waals surface area contributed by atoms with E-state index in [2.05, 4.69) is 10.6 Å². The second-order valence-electron chi connectivity index (χ2n) is 7.86. The van der Waals surface area contributed by atoms with E-state index in [1.54, 1.807) is 6.92 Å². The zero-order valence-corrected chi connectivity index (χ0v) is 19.5. The largest absolute Gasteiger partial charge is 0.481 e. The number of hydrogen-bond donors (Lipinski definition) is 3. The van der Waals surface area contributed by atoms with E-state index in [0.29, 0.717) is 0 Å². The lowest BCUT2D eigenvalue weighted by Gasteiger charge is -2.20. The van der Waals surface area contributed by atoms with Gasteiger partial charge in [-0.3, -0.25) is 14.9 Å². The average molecular weight is 485 g/mol. The molecule has 0 saturated heterocycles. The molecule has 3 rings (SSSR count). The monoisotopic (exact) mass is 484 g/mol. The summed E-state index contributed by atoms with van der Waals surface area (Å²) in [5.41, 5.74) is 4.17. The third-order valence-corrected chi connectivity index (χ3v) is 5.63. The predicted octanol–water partition coefficient (Wildman–Crippen LogP) is 2.06. The highest BCUT2D eigenvalue weighted by molar-refractivity contribution is 6.04. The Morgan fingerprint density at radius 3 is 2.11 bits per heavy atom. The Labute approximate surface area is 202 Å². The summed E-state index contributed by atoms with van der Waals surface area (Å²) in [6.07, 6.45) is -2.12. The van der Waals surface area contributed by atoms with Crippen molar-refractivity contribution in [3.05, 3.63) is 59.7 Å². The van der Waals surface area contributed by atoms with E-state index in [1.807, 2.05) is 48.5 Å². The number of carboxylic acids is 1. The first-order valence-corrected chi connectivity index (χ1v) is 11.2. The summed E-state index contributed by atoms with van der Waals surface area (Å²) in [5.74, 6) is -3.14. The standard InChI is InChI=1S/C25H28N2O8/c1-3-34-24(31)22(23(30)26-13-15(33-2)12-21(28)29)27-25(32)35-14-20-18-10-6-4-8-16(18)17-9-5-7-11-19(17)20/h4-11,15,20,22H,3,12-14H2,1-2H3,(H,26,30)(H,27,32)(H,28,29). The molecule has 10 nitrogen and oxygen atoms in total. The van der Waals surface area contributed by atoms with E-state index in [9.17, 15) is 19.2 Å².